The molecule has 0 fully saturated rings. The van der Waals surface area contributed by atoms with Gasteiger partial charge in [-0.1, -0.05) is 40.9 Å². The van der Waals surface area contributed by atoms with Crippen LogP contribution >= 0.6 is 23.2 Å². The summed E-state index contributed by atoms with van der Waals surface area (Å²) in [6, 6.07) is 9.96. The number of carbonyl (C=O) groups is 2. The van der Waals surface area contributed by atoms with E-state index in [2.05, 4.69) is 5.32 Å². The minimum atomic E-state index is -1.05. The standard InChI is InChI=1S/C18H17Cl2NO4/c1-10-7-8-15(24-3)12(9-10)18(23)25-11(2)17(22)21-16-13(19)5-4-6-14(16)20/h4-9,11H,1-3H3,(H,21,22)/t11-/m1/s1. The van der Waals surface area contributed by atoms with Crippen molar-refractivity contribution in [3.05, 3.63) is 57.6 Å². The molecule has 1 amide bonds. The number of hydrogen-bond acceptors (Lipinski definition) is 4. The number of nitrogens with one attached hydrogen (secondary N) is 1. The molecule has 25 heavy (non-hydrogen) atoms. The van der Waals surface area contributed by atoms with Gasteiger partial charge in [-0.05, 0) is 38.1 Å². The molecule has 0 spiro atoms. The Bertz CT molecular complexity index is 787. The van der Waals surface area contributed by atoms with Crippen LogP contribution in [0, 0.1) is 6.92 Å². The second-order valence-electron chi connectivity index (χ2n) is 5.34. The molecule has 0 aliphatic rings. The minimum Gasteiger partial charge on any atom is -0.496 e. The fraction of sp³-hybridized carbons (Fsp3) is 0.222. The first-order valence-electron chi connectivity index (χ1n) is 7.44. The summed E-state index contributed by atoms with van der Waals surface area (Å²) in [5.74, 6) is -0.833. The predicted octanol–water partition coefficient (Wildman–Crippen LogP) is 4.49. The number of hydrogen-bond donors (Lipinski definition) is 1. The lowest BCUT2D eigenvalue weighted by molar-refractivity contribution is -0.123. The summed E-state index contributed by atoms with van der Waals surface area (Å²) in [6.07, 6.45) is -1.05. The number of ether oxygens (including phenoxy) is 2. The second-order valence-corrected chi connectivity index (χ2v) is 6.15. The van der Waals surface area contributed by atoms with Crippen LogP contribution < -0.4 is 10.1 Å². The third-order valence-corrected chi connectivity index (χ3v) is 4.07. The van der Waals surface area contributed by atoms with Gasteiger partial charge in [-0.3, -0.25) is 4.79 Å². The zero-order chi connectivity index (χ0) is 18.6. The van der Waals surface area contributed by atoms with Crippen molar-refractivity contribution in [2.45, 2.75) is 20.0 Å². The molecule has 5 nitrogen and oxygen atoms in total. The van der Waals surface area contributed by atoms with E-state index in [9.17, 15) is 9.59 Å². The van der Waals surface area contributed by atoms with Gasteiger partial charge in [0, 0.05) is 0 Å². The topological polar surface area (TPSA) is 64.6 Å². The molecular weight excluding hydrogens is 365 g/mol. The third-order valence-electron chi connectivity index (χ3n) is 3.44. The van der Waals surface area contributed by atoms with Crippen molar-refractivity contribution in [2.24, 2.45) is 0 Å². The Balaban J connectivity index is 2.11. The van der Waals surface area contributed by atoms with Gasteiger partial charge in [-0.2, -0.15) is 0 Å². The molecule has 0 heterocycles. The molecular formula is C18H17Cl2NO4. The van der Waals surface area contributed by atoms with Crippen molar-refractivity contribution in [1.82, 2.24) is 0 Å². The van der Waals surface area contributed by atoms with Gasteiger partial charge in [0.25, 0.3) is 5.91 Å². The summed E-state index contributed by atoms with van der Waals surface area (Å²) in [5.41, 5.74) is 1.39. The largest absolute Gasteiger partial charge is 0.496 e. The van der Waals surface area contributed by atoms with Crippen LogP contribution in [0.3, 0.4) is 0 Å². The van der Waals surface area contributed by atoms with E-state index in [0.717, 1.165) is 5.56 Å². The molecule has 1 N–H and O–H groups in total. The molecule has 0 saturated heterocycles. The molecule has 0 unspecified atom stereocenters. The van der Waals surface area contributed by atoms with Crippen LogP contribution in [-0.4, -0.2) is 25.1 Å². The van der Waals surface area contributed by atoms with E-state index in [4.69, 9.17) is 32.7 Å². The Morgan fingerprint density at radius 1 is 1.12 bits per heavy atom. The normalized spacial score (nSPS) is 11.6. The average Bonchev–Trinajstić information content (AvgIpc) is 2.57. The van der Waals surface area contributed by atoms with Crippen LogP contribution in [-0.2, 0) is 9.53 Å². The Kier molecular flexibility index (Phi) is 6.28. The highest BCUT2D eigenvalue weighted by atomic mass is 35.5. The van der Waals surface area contributed by atoms with Crippen molar-refractivity contribution in [1.29, 1.82) is 0 Å². The van der Waals surface area contributed by atoms with E-state index in [0.29, 0.717) is 15.8 Å². The van der Waals surface area contributed by atoms with E-state index in [-0.39, 0.29) is 11.3 Å². The van der Waals surface area contributed by atoms with Gasteiger partial charge in [0.1, 0.15) is 11.3 Å². The van der Waals surface area contributed by atoms with Gasteiger partial charge >= 0.3 is 5.97 Å². The van der Waals surface area contributed by atoms with E-state index in [1.165, 1.54) is 14.0 Å². The number of anilines is 1. The van der Waals surface area contributed by atoms with E-state index in [1.807, 2.05) is 13.0 Å². The lowest BCUT2D eigenvalue weighted by Gasteiger charge is -2.16. The van der Waals surface area contributed by atoms with Crippen LogP contribution in [0.2, 0.25) is 10.0 Å². The molecule has 2 aromatic rings. The lowest BCUT2D eigenvalue weighted by Crippen LogP contribution is -2.30. The maximum absolute atomic E-state index is 12.3. The zero-order valence-corrected chi connectivity index (χ0v) is 15.4. The van der Waals surface area contributed by atoms with Crippen molar-refractivity contribution < 1.29 is 19.1 Å². The first kappa shape index (κ1) is 19.1. The number of halogens is 2. The molecule has 132 valence electrons. The van der Waals surface area contributed by atoms with Crippen LogP contribution in [0.15, 0.2) is 36.4 Å². The summed E-state index contributed by atoms with van der Waals surface area (Å²) in [5, 5.41) is 3.15. The summed E-state index contributed by atoms with van der Waals surface area (Å²) in [4.78, 5) is 24.6. The highest BCUT2D eigenvalue weighted by Gasteiger charge is 2.22. The van der Waals surface area contributed by atoms with Crippen LogP contribution in [0.1, 0.15) is 22.8 Å². The predicted molar refractivity (Wildman–Crippen MR) is 97.7 cm³/mol. The fourth-order valence-corrected chi connectivity index (χ4v) is 2.59. The average molecular weight is 382 g/mol. The molecule has 0 aromatic heterocycles. The highest BCUT2D eigenvalue weighted by molar-refractivity contribution is 6.39. The van der Waals surface area contributed by atoms with E-state index < -0.39 is 18.0 Å². The van der Waals surface area contributed by atoms with E-state index >= 15 is 0 Å². The zero-order valence-electron chi connectivity index (χ0n) is 13.9. The monoisotopic (exact) mass is 381 g/mol. The van der Waals surface area contributed by atoms with Crippen molar-refractivity contribution >= 4 is 40.8 Å². The van der Waals surface area contributed by atoms with Gasteiger partial charge < -0.3 is 14.8 Å². The maximum Gasteiger partial charge on any atom is 0.342 e. The Hall–Kier alpha value is -2.24. The van der Waals surface area contributed by atoms with Gasteiger partial charge in [-0.15, -0.1) is 0 Å². The number of benzene rings is 2. The fourth-order valence-electron chi connectivity index (χ4n) is 2.10. The third kappa shape index (κ3) is 4.65. The molecule has 0 aliphatic heterocycles. The minimum absolute atomic E-state index is 0.248. The first-order chi connectivity index (χ1) is 11.8. The molecule has 1 atom stereocenters. The number of carbonyl (C=O) groups excluding carboxylic acids is 2. The SMILES string of the molecule is COc1ccc(C)cc1C(=O)O[C@H](C)C(=O)Nc1c(Cl)cccc1Cl. The smallest absolute Gasteiger partial charge is 0.342 e. The molecule has 2 rings (SSSR count). The number of amides is 1. The Morgan fingerprint density at radius 3 is 2.36 bits per heavy atom. The lowest BCUT2D eigenvalue weighted by atomic mass is 10.1. The number of rotatable bonds is 5. The second kappa shape index (κ2) is 8.23. The van der Waals surface area contributed by atoms with Crippen LogP contribution in [0.4, 0.5) is 5.69 Å². The summed E-state index contributed by atoms with van der Waals surface area (Å²) in [7, 11) is 1.46. The quantitative estimate of drug-likeness (QED) is 0.774. The molecule has 0 aliphatic carbocycles. The van der Waals surface area contributed by atoms with Gasteiger partial charge in [0.2, 0.25) is 0 Å². The summed E-state index contributed by atoms with van der Waals surface area (Å²) < 4.78 is 10.4. The molecule has 2 aromatic carbocycles. The van der Waals surface area contributed by atoms with Gasteiger partial charge in [0.15, 0.2) is 6.10 Å². The molecule has 0 bridgehead atoms. The number of methoxy groups -OCH3 is 1. The van der Waals surface area contributed by atoms with Crippen molar-refractivity contribution in [3.63, 3.8) is 0 Å². The van der Waals surface area contributed by atoms with E-state index in [1.54, 1.807) is 30.3 Å². The number of esters is 1. The molecule has 0 radical (unpaired) electrons. The highest BCUT2D eigenvalue weighted by Crippen LogP contribution is 2.30. The van der Waals surface area contributed by atoms with Gasteiger partial charge in [-0.25, -0.2) is 4.79 Å². The Labute approximate surface area is 155 Å². The first-order valence-corrected chi connectivity index (χ1v) is 8.19. The Morgan fingerprint density at radius 2 is 1.76 bits per heavy atom. The number of para-hydroxylation sites is 1. The maximum atomic E-state index is 12.3. The van der Waals surface area contributed by atoms with Crippen molar-refractivity contribution in [3.8, 4) is 5.75 Å². The summed E-state index contributed by atoms with van der Waals surface area (Å²) >= 11 is 12.0. The van der Waals surface area contributed by atoms with Crippen LogP contribution in [0.25, 0.3) is 0 Å². The molecule has 0 saturated carbocycles. The number of aryl methyl sites for hydroxylation is 1. The molecule has 7 heteroatoms. The van der Waals surface area contributed by atoms with Crippen molar-refractivity contribution in [2.75, 3.05) is 12.4 Å². The van der Waals surface area contributed by atoms with Crippen LogP contribution in [0.5, 0.6) is 5.75 Å². The summed E-state index contributed by atoms with van der Waals surface area (Å²) in [6.45, 7) is 3.30. The van der Waals surface area contributed by atoms with Gasteiger partial charge in [0.05, 0.1) is 22.8 Å².